The minimum atomic E-state index is -0.117. The van der Waals surface area contributed by atoms with Crippen LogP contribution in [-0.2, 0) is 6.42 Å². The van der Waals surface area contributed by atoms with Crippen LogP contribution in [0, 0.1) is 13.8 Å². The van der Waals surface area contributed by atoms with Crippen LogP contribution in [0.5, 0.6) is 5.75 Å². The molecule has 0 fully saturated rings. The van der Waals surface area contributed by atoms with E-state index in [9.17, 15) is 9.90 Å². The van der Waals surface area contributed by atoms with Gasteiger partial charge in [-0.3, -0.25) is 4.79 Å². The molecule has 0 saturated carbocycles. The molecule has 0 aromatic heterocycles. The number of unbranched alkanes of at least 4 members (excludes halogenated alkanes) is 4. The van der Waals surface area contributed by atoms with Crippen molar-refractivity contribution in [3.8, 4) is 39.1 Å². The van der Waals surface area contributed by atoms with Crippen LogP contribution in [0.1, 0.15) is 59.2 Å². The number of phenolic OH excluding ortho intramolecular Hbond substituents is 1. The lowest BCUT2D eigenvalue weighted by Crippen LogP contribution is -2.24. The number of benzene rings is 5. The van der Waals surface area contributed by atoms with Gasteiger partial charge in [0.25, 0.3) is 5.91 Å². The number of aryl methyl sites for hydroxylation is 3. The number of phenols is 1. The highest BCUT2D eigenvalue weighted by Gasteiger charge is 2.20. The minimum Gasteiger partial charge on any atom is -0.507 e. The molecular formula is C40H41NO2. The lowest BCUT2D eigenvalue weighted by Gasteiger charge is -2.18. The van der Waals surface area contributed by atoms with E-state index in [1.54, 1.807) is 0 Å². The standard InChI is InChI=1S/C40H41NO2/c1-29-16-14-23-33(26-29)36-27-34(40(43)41-25-13-5-3-4-8-18-31-19-9-6-10-20-31)28-37(39(36)42)35-24-15-17-30(2)38(35)32-21-11-7-12-22-32/h6-7,9-12,14-17,19-24,26-28,42H,3-5,8,13,18,25H2,1-2H3,(H,41,43). The van der Waals surface area contributed by atoms with Crippen molar-refractivity contribution < 1.29 is 9.90 Å². The molecule has 5 aromatic carbocycles. The first kappa shape index (κ1) is 29.8. The molecule has 0 aliphatic carbocycles. The Morgan fingerprint density at radius 1 is 0.628 bits per heavy atom. The fourth-order valence-corrected chi connectivity index (χ4v) is 5.82. The minimum absolute atomic E-state index is 0.117. The van der Waals surface area contributed by atoms with Gasteiger partial charge in [0.2, 0.25) is 0 Å². The highest BCUT2D eigenvalue weighted by atomic mass is 16.3. The van der Waals surface area contributed by atoms with Crippen LogP contribution in [0.25, 0.3) is 33.4 Å². The van der Waals surface area contributed by atoms with Crippen LogP contribution in [-0.4, -0.2) is 17.6 Å². The van der Waals surface area contributed by atoms with E-state index in [2.05, 4.69) is 60.8 Å². The molecule has 3 nitrogen and oxygen atoms in total. The molecule has 0 unspecified atom stereocenters. The molecule has 43 heavy (non-hydrogen) atoms. The Morgan fingerprint density at radius 3 is 2.05 bits per heavy atom. The van der Waals surface area contributed by atoms with E-state index >= 15 is 0 Å². The fourth-order valence-electron chi connectivity index (χ4n) is 5.82. The highest BCUT2D eigenvalue weighted by molar-refractivity contribution is 6.00. The summed E-state index contributed by atoms with van der Waals surface area (Å²) < 4.78 is 0. The second kappa shape index (κ2) is 14.5. The van der Waals surface area contributed by atoms with E-state index in [-0.39, 0.29) is 11.7 Å². The third-order valence-electron chi connectivity index (χ3n) is 8.10. The average Bonchev–Trinajstić information content (AvgIpc) is 3.03. The van der Waals surface area contributed by atoms with Gasteiger partial charge < -0.3 is 10.4 Å². The summed E-state index contributed by atoms with van der Waals surface area (Å²) in [7, 11) is 0. The summed E-state index contributed by atoms with van der Waals surface area (Å²) in [6.45, 7) is 4.75. The summed E-state index contributed by atoms with van der Waals surface area (Å²) >= 11 is 0. The van der Waals surface area contributed by atoms with Crippen molar-refractivity contribution in [3.63, 3.8) is 0 Å². The van der Waals surface area contributed by atoms with Crippen molar-refractivity contribution in [2.45, 2.75) is 52.4 Å². The summed E-state index contributed by atoms with van der Waals surface area (Å²) in [4.78, 5) is 13.5. The summed E-state index contributed by atoms with van der Waals surface area (Å²) in [5, 5.41) is 14.9. The Hall–Kier alpha value is -4.63. The molecule has 0 saturated heterocycles. The number of amides is 1. The number of rotatable bonds is 12. The topological polar surface area (TPSA) is 49.3 Å². The van der Waals surface area contributed by atoms with E-state index in [0.29, 0.717) is 23.2 Å². The lowest BCUT2D eigenvalue weighted by molar-refractivity contribution is 0.0953. The van der Waals surface area contributed by atoms with Crippen molar-refractivity contribution in [1.29, 1.82) is 0 Å². The van der Waals surface area contributed by atoms with Crippen LogP contribution < -0.4 is 5.32 Å². The van der Waals surface area contributed by atoms with Crippen LogP contribution >= 0.6 is 0 Å². The average molecular weight is 568 g/mol. The van der Waals surface area contributed by atoms with Crippen LogP contribution in [0.2, 0.25) is 0 Å². The van der Waals surface area contributed by atoms with Crippen molar-refractivity contribution in [2.24, 2.45) is 0 Å². The number of carbonyl (C=O) groups excluding carboxylic acids is 1. The van der Waals surface area contributed by atoms with Crippen molar-refractivity contribution in [2.75, 3.05) is 6.54 Å². The molecule has 5 aromatic rings. The normalized spacial score (nSPS) is 10.9. The molecule has 0 atom stereocenters. The van der Waals surface area contributed by atoms with E-state index < -0.39 is 0 Å². The molecule has 0 radical (unpaired) electrons. The summed E-state index contributed by atoms with van der Waals surface area (Å²) in [5.74, 6) is 0.0635. The van der Waals surface area contributed by atoms with Gasteiger partial charge in [-0.1, -0.05) is 128 Å². The van der Waals surface area contributed by atoms with Crippen LogP contribution in [0.3, 0.4) is 0 Å². The third-order valence-corrected chi connectivity index (χ3v) is 8.10. The molecule has 0 aliphatic heterocycles. The van der Waals surface area contributed by atoms with Crippen molar-refractivity contribution >= 4 is 5.91 Å². The number of hydrogen-bond acceptors (Lipinski definition) is 2. The molecule has 3 heteroatoms. The predicted octanol–water partition coefficient (Wildman–Crippen LogP) is 9.93. The van der Waals surface area contributed by atoms with Gasteiger partial charge in [0.05, 0.1) is 0 Å². The Kier molecular flexibility index (Phi) is 10.1. The lowest BCUT2D eigenvalue weighted by atomic mass is 9.87. The predicted molar refractivity (Wildman–Crippen MR) is 179 cm³/mol. The summed E-state index contributed by atoms with van der Waals surface area (Å²) in [6, 6.07) is 38.7. The molecule has 2 N–H and O–H groups in total. The monoisotopic (exact) mass is 567 g/mol. The van der Waals surface area contributed by atoms with Crippen LogP contribution in [0.4, 0.5) is 0 Å². The van der Waals surface area contributed by atoms with E-state index in [1.165, 1.54) is 24.8 Å². The molecule has 0 bridgehead atoms. The zero-order valence-electron chi connectivity index (χ0n) is 25.3. The largest absolute Gasteiger partial charge is 0.507 e. The third kappa shape index (κ3) is 7.61. The molecule has 0 aliphatic rings. The second-order valence-corrected chi connectivity index (χ2v) is 11.4. The van der Waals surface area contributed by atoms with Gasteiger partial charge in [-0.15, -0.1) is 0 Å². The fraction of sp³-hybridized carbons (Fsp3) is 0.225. The molecular weight excluding hydrogens is 526 g/mol. The SMILES string of the molecule is Cc1cccc(-c2cc(C(=O)NCCCCCCCc3ccccc3)cc(-c3cccc(C)c3-c3ccccc3)c2O)c1. The van der Waals surface area contributed by atoms with Gasteiger partial charge >= 0.3 is 0 Å². The first-order valence-electron chi connectivity index (χ1n) is 15.4. The maximum absolute atomic E-state index is 13.5. The van der Waals surface area contributed by atoms with Gasteiger partial charge in [-0.25, -0.2) is 0 Å². The number of aromatic hydroxyl groups is 1. The molecule has 0 heterocycles. The van der Waals surface area contributed by atoms with E-state index in [0.717, 1.165) is 52.6 Å². The summed E-state index contributed by atoms with van der Waals surface area (Å²) in [6.07, 6.45) is 6.72. The summed E-state index contributed by atoms with van der Waals surface area (Å²) in [5.41, 5.74) is 9.39. The zero-order chi connectivity index (χ0) is 30.0. The van der Waals surface area contributed by atoms with E-state index in [1.807, 2.05) is 73.7 Å². The zero-order valence-corrected chi connectivity index (χ0v) is 25.3. The molecule has 0 spiro atoms. The number of nitrogens with one attached hydrogen (secondary N) is 1. The Balaban J connectivity index is 1.35. The van der Waals surface area contributed by atoms with Crippen molar-refractivity contribution in [3.05, 3.63) is 138 Å². The van der Waals surface area contributed by atoms with Gasteiger partial charge in [0.1, 0.15) is 5.75 Å². The van der Waals surface area contributed by atoms with Crippen LogP contribution in [0.15, 0.2) is 115 Å². The van der Waals surface area contributed by atoms with Gasteiger partial charge in [0.15, 0.2) is 0 Å². The second-order valence-electron chi connectivity index (χ2n) is 11.4. The molecule has 1 amide bonds. The Morgan fingerprint density at radius 2 is 1.28 bits per heavy atom. The highest BCUT2D eigenvalue weighted by Crippen LogP contribution is 2.44. The quantitative estimate of drug-likeness (QED) is 0.147. The van der Waals surface area contributed by atoms with Gasteiger partial charge in [-0.05, 0) is 78.6 Å². The smallest absolute Gasteiger partial charge is 0.251 e. The Bertz CT molecular complexity index is 1660. The van der Waals surface area contributed by atoms with Gasteiger partial charge in [0, 0.05) is 23.2 Å². The maximum atomic E-state index is 13.5. The maximum Gasteiger partial charge on any atom is 0.251 e. The molecule has 218 valence electrons. The first-order valence-corrected chi connectivity index (χ1v) is 15.4. The first-order chi connectivity index (χ1) is 21.0. The molecule has 5 rings (SSSR count). The van der Waals surface area contributed by atoms with Crippen molar-refractivity contribution in [1.82, 2.24) is 5.32 Å². The number of hydrogen-bond donors (Lipinski definition) is 2. The van der Waals surface area contributed by atoms with Gasteiger partial charge in [-0.2, -0.15) is 0 Å². The number of carbonyl (C=O) groups is 1. The Labute approximate surface area is 256 Å². The van der Waals surface area contributed by atoms with E-state index in [4.69, 9.17) is 0 Å².